The Kier molecular flexibility index (Phi) is 11.6. The number of nitrogens with one attached hydrogen (secondary N) is 2. The smallest absolute Gasteiger partial charge is 0.408 e. The maximum Gasteiger partial charge on any atom is 0.408 e. The zero-order chi connectivity index (χ0) is 30.4. The molecule has 0 aromatic heterocycles. The monoisotopic (exact) mass is 571 g/mol. The highest BCUT2D eigenvalue weighted by molar-refractivity contribution is 6.34. The number of benzene rings is 2. The lowest BCUT2D eigenvalue weighted by Crippen LogP contribution is -2.54. The molecule has 0 aliphatic heterocycles. The number of carbonyl (C=O) groups excluding carboxylic acids is 3. The summed E-state index contributed by atoms with van der Waals surface area (Å²) in [6.45, 7) is 18.9. The maximum atomic E-state index is 14.2. The fourth-order valence-electron chi connectivity index (χ4n) is 4.44. The number of rotatable bonds is 10. The third-order valence-corrected chi connectivity index (χ3v) is 7.15. The minimum absolute atomic E-state index is 0.303. The molecule has 0 bridgehead atoms. The summed E-state index contributed by atoms with van der Waals surface area (Å²) in [6, 6.07) is 8.99. The summed E-state index contributed by atoms with van der Waals surface area (Å²) in [6.07, 6.45) is 0.855. The average Bonchev–Trinajstić information content (AvgIpc) is 2.83. The molecule has 3 unspecified atom stereocenters. The van der Waals surface area contributed by atoms with E-state index in [-0.39, 0.29) is 17.9 Å². The summed E-state index contributed by atoms with van der Waals surface area (Å²) >= 11 is 6.46. The Balaban J connectivity index is 2.60. The van der Waals surface area contributed by atoms with Gasteiger partial charge in [0.15, 0.2) is 0 Å². The van der Waals surface area contributed by atoms with Gasteiger partial charge in [-0.2, -0.15) is 0 Å². The number of amides is 3. The Labute approximate surface area is 245 Å². The quantitative estimate of drug-likeness (QED) is 0.309. The van der Waals surface area contributed by atoms with E-state index >= 15 is 0 Å². The third kappa shape index (κ3) is 9.26. The van der Waals surface area contributed by atoms with Gasteiger partial charge in [-0.1, -0.05) is 55.8 Å². The van der Waals surface area contributed by atoms with Crippen LogP contribution in [0.4, 0.5) is 10.5 Å². The largest absolute Gasteiger partial charge is 0.444 e. The molecule has 2 aromatic rings. The number of hydrogen-bond donors (Lipinski definition) is 2. The first-order valence-corrected chi connectivity index (χ1v) is 14.3. The van der Waals surface area contributed by atoms with E-state index in [0.717, 1.165) is 23.1 Å². The summed E-state index contributed by atoms with van der Waals surface area (Å²) in [5, 5.41) is 6.08. The SMILES string of the molecule is Cc1ccc(C(C(=O)Nc2c(C)cccc2Cl)N(C(=O)C(C)NC(=O)OC(C)(C)C)C(C)CCC(C)C)cc1C. The topological polar surface area (TPSA) is 87.7 Å². The molecule has 0 heterocycles. The summed E-state index contributed by atoms with van der Waals surface area (Å²) < 4.78 is 5.39. The number of para-hydroxylation sites is 1. The van der Waals surface area contributed by atoms with Gasteiger partial charge in [0.1, 0.15) is 17.7 Å². The van der Waals surface area contributed by atoms with Crippen LogP contribution in [-0.2, 0) is 14.3 Å². The normalized spacial score (nSPS) is 13.8. The molecule has 220 valence electrons. The van der Waals surface area contributed by atoms with E-state index < -0.39 is 23.8 Å². The number of ether oxygens (including phenoxy) is 1. The molecule has 0 saturated carbocycles. The van der Waals surface area contributed by atoms with Crippen LogP contribution in [0, 0.1) is 26.7 Å². The van der Waals surface area contributed by atoms with Crippen LogP contribution in [0.25, 0.3) is 0 Å². The van der Waals surface area contributed by atoms with E-state index in [1.54, 1.807) is 38.7 Å². The number of alkyl carbamates (subject to hydrolysis) is 1. The molecule has 8 heteroatoms. The van der Waals surface area contributed by atoms with Crippen LogP contribution in [-0.4, -0.2) is 40.5 Å². The van der Waals surface area contributed by atoms with Crippen LogP contribution in [0.15, 0.2) is 36.4 Å². The summed E-state index contributed by atoms with van der Waals surface area (Å²) in [5.41, 5.74) is 3.36. The zero-order valence-corrected chi connectivity index (χ0v) is 26.4. The van der Waals surface area contributed by atoms with Gasteiger partial charge in [0.05, 0.1) is 10.7 Å². The van der Waals surface area contributed by atoms with Crippen molar-refractivity contribution in [1.29, 1.82) is 0 Å². The van der Waals surface area contributed by atoms with Crippen molar-refractivity contribution in [2.24, 2.45) is 5.92 Å². The van der Waals surface area contributed by atoms with Crippen molar-refractivity contribution in [1.82, 2.24) is 10.2 Å². The van der Waals surface area contributed by atoms with Crippen molar-refractivity contribution >= 4 is 35.2 Å². The number of aryl methyl sites for hydroxylation is 3. The maximum absolute atomic E-state index is 14.2. The minimum atomic E-state index is -0.965. The predicted octanol–water partition coefficient (Wildman–Crippen LogP) is 7.51. The van der Waals surface area contributed by atoms with Gasteiger partial charge in [0, 0.05) is 6.04 Å². The molecule has 0 aliphatic rings. The lowest BCUT2D eigenvalue weighted by Gasteiger charge is -2.38. The number of nitrogens with zero attached hydrogens (tertiary/aromatic N) is 1. The highest BCUT2D eigenvalue weighted by Crippen LogP contribution is 2.32. The highest BCUT2D eigenvalue weighted by Gasteiger charge is 2.38. The van der Waals surface area contributed by atoms with Gasteiger partial charge in [-0.25, -0.2) is 4.79 Å². The second-order valence-electron chi connectivity index (χ2n) is 12.1. The molecule has 0 fully saturated rings. The number of anilines is 1. The fourth-order valence-corrected chi connectivity index (χ4v) is 4.71. The Morgan fingerprint density at radius 3 is 2.12 bits per heavy atom. The average molecular weight is 572 g/mol. The van der Waals surface area contributed by atoms with Crippen molar-refractivity contribution in [2.75, 3.05) is 5.32 Å². The van der Waals surface area contributed by atoms with Gasteiger partial charge < -0.3 is 20.3 Å². The van der Waals surface area contributed by atoms with Crippen LogP contribution >= 0.6 is 11.6 Å². The van der Waals surface area contributed by atoms with Crippen LogP contribution in [0.2, 0.25) is 5.02 Å². The van der Waals surface area contributed by atoms with E-state index in [9.17, 15) is 14.4 Å². The minimum Gasteiger partial charge on any atom is -0.444 e. The van der Waals surface area contributed by atoms with Gasteiger partial charge in [0.25, 0.3) is 5.91 Å². The van der Waals surface area contributed by atoms with Crippen molar-refractivity contribution in [2.45, 2.75) is 106 Å². The molecule has 40 heavy (non-hydrogen) atoms. The molecule has 0 aliphatic carbocycles. The summed E-state index contributed by atoms with van der Waals surface area (Å²) in [7, 11) is 0. The van der Waals surface area contributed by atoms with E-state index in [1.165, 1.54) is 0 Å². The van der Waals surface area contributed by atoms with E-state index in [1.807, 2.05) is 58.0 Å². The van der Waals surface area contributed by atoms with Crippen LogP contribution < -0.4 is 10.6 Å². The molecule has 3 atom stereocenters. The Morgan fingerprint density at radius 2 is 1.57 bits per heavy atom. The Hall–Kier alpha value is -3.06. The number of halogens is 1. The van der Waals surface area contributed by atoms with Crippen LogP contribution in [0.1, 0.15) is 89.6 Å². The molecule has 2 N–H and O–H groups in total. The number of carbonyl (C=O) groups is 3. The van der Waals surface area contributed by atoms with E-state index in [0.29, 0.717) is 28.6 Å². The van der Waals surface area contributed by atoms with E-state index in [2.05, 4.69) is 24.5 Å². The zero-order valence-electron chi connectivity index (χ0n) is 25.6. The summed E-state index contributed by atoms with van der Waals surface area (Å²) in [4.78, 5) is 42.5. The molecular formula is C32H46ClN3O4. The molecule has 0 saturated heterocycles. The molecule has 0 spiro atoms. The van der Waals surface area contributed by atoms with Gasteiger partial charge in [-0.05, 0) is 102 Å². The van der Waals surface area contributed by atoms with Crippen molar-refractivity contribution in [3.05, 3.63) is 63.7 Å². The second-order valence-corrected chi connectivity index (χ2v) is 12.5. The molecule has 7 nitrogen and oxygen atoms in total. The first-order valence-electron chi connectivity index (χ1n) is 14.0. The summed E-state index contributed by atoms with van der Waals surface area (Å²) in [5.74, 6) is -0.346. The highest BCUT2D eigenvalue weighted by atomic mass is 35.5. The molecule has 0 radical (unpaired) electrons. The molecule has 2 aromatic carbocycles. The molecule has 3 amide bonds. The van der Waals surface area contributed by atoms with Gasteiger partial charge in [0.2, 0.25) is 5.91 Å². The first-order chi connectivity index (χ1) is 18.5. The van der Waals surface area contributed by atoms with Crippen LogP contribution in [0.3, 0.4) is 0 Å². The standard InChI is InChI=1S/C32H46ClN3O4/c1-19(2)14-16-23(6)36(30(38)24(7)34-31(39)40-32(8,9)10)28(25-17-15-20(3)22(5)18-25)29(37)35-27-21(4)12-11-13-26(27)33/h11-13,15,17-19,23-24,28H,14,16H2,1-10H3,(H,34,39)(H,35,37). The second kappa shape index (κ2) is 14.0. The van der Waals surface area contributed by atoms with Crippen molar-refractivity contribution in [3.8, 4) is 0 Å². The lowest BCUT2D eigenvalue weighted by molar-refractivity contribution is -0.143. The fraction of sp³-hybridized carbons (Fsp3) is 0.531. The molecular weight excluding hydrogens is 526 g/mol. The Morgan fingerprint density at radius 1 is 0.925 bits per heavy atom. The van der Waals surface area contributed by atoms with Crippen LogP contribution in [0.5, 0.6) is 0 Å². The van der Waals surface area contributed by atoms with Gasteiger partial charge in [-0.15, -0.1) is 0 Å². The molecule has 2 rings (SSSR count). The lowest BCUT2D eigenvalue weighted by atomic mass is 9.95. The number of hydrogen-bond acceptors (Lipinski definition) is 4. The van der Waals surface area contributed by atoms with Gasteiger partial charge >= 0.3 is 6.09 Å². The van der Waals surface area contributed by atoms with Crippen molar-refractivity contribution in [3.63, 3.8) is 0 Å². The first kappa shape index (κ1) is 33.1. The Bertz CT molecular complexity index is 1180. The van der Waals surface area contributed by atoms with E-state index in [4.69, 9.17) is 16.3 Å². The van der Waals surface area contributed by atoms with Gasteiger partial charge in [-0.3, -0.25) is 9.59 Å². The third-order valence-electron chi connectivity index (χ3n) is 6.84. The predicted molar refractivity (Wildman–Crippen MR) is 163 cm³/mol. The van der Waals surface area contributed by atoms with Crippen molar-refractivity contribution < 1.29 is 19.1 Å².